The quantitative estimate of drug-likeness (QED) is 0.760. The third-order valence-corrected chi connectivity index (χ3v) is 6.68. The van der Waals surface area contributed by atoms with Crippen LogP contribution in [0.3, 0.4) is 0 Å². The fraction of sp³-hybridized carbons (Fsp3) is 1.00. The summed E-state index contributed by atoms with van der Waals surface area (Å²) in [6, 6.07) is 0. The van der Waals surface area contributed by atoms with Gasteiger partial charge < -0.3 is 10.6 Å². The number of nitrogens with two attached hydrogens (primary N) is 1. The van der Waals surface area contributed by atoms with Crippen molar-refractivity contribution in [2.45, 2.75) is 32.6 Å². The van der Waals surface area contributed by atoms with E-state index in [2.05, 4.69) is 23.6 Å². The van der Waals surface area contributed by atoms with Crippen molar-refractivity contribution in [2.24, 2.45) is 17.1 Å². The van der Waals surface area contributed by atoms with Crippen LogP contribution in [0.4, 0.5) is 0 Å². The van der Waals surface area contributed by atoms with Crippen molar-refractivity contribution in [1.29, 1.82) is 0 Å². The lowest BCUT2D eigenvalue weighted by Gasteiger charge is -2.38. The van der Waals surface area contributed by atoms with Crippen molar-refractivity contribution in [3.05, 3.63) is 0 Å². The molecule has 0 unspecified atom stereocenters. The third kappa shape index (κ3) is 4.63. The molecule has 21 heavy (non-hydrogen) atoms. The summed E-state index contributed by atoms with van der Waals surface area (Å²) in [4.78, 5) is 2.30. The van der Waals surface area contributed by atoms with Crippen LogP contribution >= 0.6 is 0 Å². The average Bonchev–Trinajstić information content (AvgIpc) is 2.49. The van der Waals surface area contributed by atoms with Crippen molar-refractivity contribution in [2.75, 3.05) is 46.3 Å². The van der Waals surface area contributed by atoms with Gasteiger partial charge >= 0.3 is 0 Å². The molecular formula is C14H30N4O2S. The molecule has 7 heteroatoms. The van der Waals surface area contributed by atoms with E-state index in [1.807, 2.05) is 0 Å². The Morgan fingerprint density at radius 2 is 1.76 bits per heavy atom. The van der Waals surface area contributed by atoms with Crippen molar-refractivity contribution < 1.29 is 8.42 Å². The molecule has 0 aromatic heterocycles. The number of piperidine rings is 2. The van der Waals surface area contributed by atoms with Gasteiger partial charge in [0.1, 0.15) is 0 Å². The summed E-state index contributed by atoms with van der Waals surface area (Å²) in [5.41, 5.74) is 5.73. The van der Waals surface area contributed by atoms with Crippen LogP contribution in [0.2, 0.25) is 0 Å². The SMILES string of the molecule is CN1CCC(C)(CNS(=O)(=O)N2CCC(CN)CC2)CC1. The largest absolute Gasteiger partial charge is 0.330 e. The Hall–Kier alpha value is -0.210. The smallest absolute Gasteiger partial charge is 0.279 e. The summed E-state index contributed by atoms with van der Waals surface area (Å²) < 4.78 is 29.2. The summed E-state index contributed by atoms with van der Waals surface area (Å²) in [5, 5.41) is 0. The first-order chi connectivity index (χ1) is 9.85. The van der Waals surface area contributed by atoms with Gasteiger partial charge in [0.05, 0.1) is 0 Å². The Balaban J connectivity index is 1.84. The first kappa shape index (κ1) is 17.1. The number of hydrogen-bond acceptors (Lipinski definition) is 4. The molecule has 0 saturated carbocycles. The second kappa shape index (κ2) is 6.91. The summed E-state index contributed by atoms with van der Waals surface area (Å²) in [6.45, 7) is 6.66. The molecule has 0 spiro atoms. The molecule has 2 aliphatic rings. The molecule has 0 aromatic rings. The molecule has 0 amide bonds. The Bertz CT molecular complexity index is 424. The van der Waals surface area contributed by atoms with Crippen LogP contribution in [-0.2, 0) is 10.2 Å². The van der Waals surface area contributed by atoms with Crippen molar-refractivity contribution in [1.82, 2.24) is 13.9 Å². The number of hydrogen-bond donors (Lipinski definition) is 2. The molecule has 0 aromatic carbocycles. The van der Waals surface area contributed by atoms with Gasteiger partial charge in [-0.3, -0.25) is 0 Å². The van der Waals surface area contributed by atoms with E-state index in [9.17, 15) is 8.42 Å². The van der Waals surface area contributed by atoms with Crippen LogP contribution in [-0.4, -0.2) is 63.9 Å². The average molecular weight is 318 g/mol. The molecule has 0 radical (unpaired) electrons. The van der Waals surface area contributed by atoms with E-state index in [1.54, 1.807) is 4.31 Å². The van der Waals surface area contributed by atoms with Gasteiger partial charge in [0.25, 0.3) is 10.2 Å². The minimum atomic E-state index is -3.34. The maximum atomic E-state index is 12.4. The molecular weight excluding hydrogens is 288 g/mol. The number of nitrogens with zero attached hydrogens (tertiary/aromatic N) is 2. The predicted molar refractivity (Wildman–Crippen MR) is 85.1 cm³/mol. The van der Waals surface area contributed by atoms with Gasteiger partial charge in [0.15, 0.2) is 0 Å². The highest BCUT2D eigenvalue weighted by Crippen LogP contribution is 2.30. The van der Waals surface area contributed by atoms with E-state index >= 15 is 0 Å². The molecule has 2 saturated heterocycles. The molecule has 2 rings (SSSR count). The van der Waals surface area contributed by atoms with Crippen LogP contribution in [0.25, 0.3) is 0 Å². The molecule has 2 fully saturated rings. The normalized spacial score (nSPS) is 26.0. The number of rotatable bonds is 5. The van der Waals surface area contributed by atoms with Gasteiger partial charge in [-0.05, 0) is 63.7 Å². The topological polar surface area (TPSA) is 78.7 Å². The van der Waals surface area contributed by atoms with Crippen LogP contribution in [0.15, 0.2) is 0 Å². The lowest BCUT2D eigenvalue weighted by Crippen LogP contribution is -2.49. The minimum absolute atomic E-state index is 0.0785. The second-order valence-corrected chi connectivity index (χ2v) is 8.77. The van der Waals surface area contributed by atoms with Crippen LogP contribution < -0.4 is 10.5 Å². The highest BCUT2D eigenvalue weighted by Gasteiger charge is 2.32. The van der Waals surface area contributed by atoms with E-state index in [1.165, 1.54) is 0 Å². The fourth-order valence-electron chi connectivity index (χ4n) is 3.08. The van der Waals surface area contributed by atoms with Gasteiger partial charge in [-0.1, -0.05) is 6.92 Å². The minimum Gasteiger partial charge on any atom is -0.330 e. The van der Waals surface area contributed by atoms with Crippen LogP contribution in [0, 0.1) is 11.3 Å². The van der Waals surface area contributed by atoms with Crippen molar-refractivity contribution in [3.8, 4) is 0 Å². The zero-order valence-corrected chi connectivity index (χ0v) is 14.2. The molecule has 124 valence electrons. The summed E-state index contributed by atoms with van der Waals surface area (Å²) in [7, 11) is -1.22. The number of likely N-dealkylation sites (tertiary alicyclic amines) is 1. The molecule has 0 bridgehead atoms. The Kier molecular flexibility index (Phi) is 5.65. The lowest BCUT2D eigenvalue weighted by atomic mass is 9.81. The zero-order chi connectivity index (χ0) is 15.5. The lowest BCUT2D eigenvalue weighted by molar-refractivity contribution is 0.142. The maximum Gasteiger partial charge on any atom is 0.279 e. The fourth-order valence-corrected chi connectivity index (χ4v) is 4.48. The maximum absolute atomic E-state index is 12.4. The van der Waals surface area contributed by atoms with E-state index in [-0.39, 0.29) is 5.41 Å². The highest BCUT2D eigenvalue weighted by atomic mass is 32.2. The third-order valence-electron chi connectivity index (χ3n) is 5.12. The Morgan fingerprint density at radius 3 is 2.29 bits per heavy atom. The summed E-state index contributed by atoms with van der Waals surface area (Å²) in [5.74, 6) is 0.475. The molecule has 0 atom stereocenters. The van der Waals surface area contributed by atoms with E-state index in [0.717, 1.165) is 38.8 Å². The summed E-state index contributed by atoms with van der Waals surface area (Å²) in [6.07, 6.45) is 3.83. The molecule has 2 aliphatic heterocycles. The van der Waals surface area contributed by atoms with Crippen LogP contribution in [0.5, 0.6) is 0 Å². The number of nitrogens with one attached hydrogen (secondary N) is 1. The van der Waals surface area contributed by atoms with Crippen molar-refractivity contribution >= 4 is 10.2 Å². The van der Waals surface area contributed by atoms with E-state index < -0.39 is 10.2 Å². The monoisotopic (exact) mass is 318 g/mol. The van der Waals surface area contributed by atoms with Gasteiger partial charge in [0, 0.05) is 19.6 Å². The van der Waals surface area contributed by atoms with Gasteiger partial charge in [-0.15, -0.1) is 0 Å². The molecule has 2 heterocycles. The Morgan fingerprint density at radius 1 is 1.19 bits per heavy atom. The van der Waals surface area contributed by atoms with Crippen molar-refractivity contribution in [3.63, 3.8) is 0 Å². The van der Waals surface area contributed by atoms with Gasteiger partial charge in [-0.25, -0.2) is 4.72 Å². The van der Waals surface area contributed by atoms with Gasteiger partial charge in [-0.2, -0.15) is 12.7 Å². The molecule has 0 aliphatic carbocycles. The standard InChI is InChI=1S/C14H30N4O2S/c1-14(5-9-17(2)10-6-14)12-16-21(19,20)18-7-3-13(11-15)4-8-18/h13,16H,3-12,15H2,1-2H3. The first-order valence-electron chi connectivity index (χ1n) is 7.98. The molecule has 6 nitrogen and oxygen atoms in total. The first-order valence-corrected chi connectivity index (χ1v) is 9.42. The molecule has 3 N–H and O–H groups in total. The predicted octanol–water partition coefficient (Wildman–Crippen LogP) is 0.223. The highest BCUT2D eigenvalue weighted by molar-refractivity contribution is 7.87. The zero-order valence-electron chi connectivity index (χ0n) is 13.3. The van der Waals surface area contributed by atoms with E-state index in [0.29, 0.717) is 32.1 Å². The van der Waals surface area contributed by atoms with Crippen LogP contribution in [0.1, 0.15) is 32.6 Å². The Labute approximate surface area is 129 Å². The summed E-state index contributed by atoms with van der Waals surface area (Å²) >= 11 is 0. The van der Waals surface area contributed by atoms with E-state index in [4.69, 9.17) is 5.73 Å². The second-order valence-electron chi connectivity index (χ2n) is 7.02. The van der Waals surface area contributed by atoms with Gasteiger partial charge in [0.2, 0.25) is 0 Å².